The normalized spacial score (nSPS) is 11.4. The van der Waals surface area contributed by atoms with E-state index in [0.29, 0.717) is 28.6 Å². The molecule has 0 saturated carbocycles. The van der Waals surface area contributed by atoms with Crippen molar-refractivity contribution in [2.75, 3.05) is 7.11 Å². The standard InChI is InChI=1S/C19H23ClFNO2/c1-19(2,3)22-11-14-9-17(23-4)18(10-15(14)20)24-12-13-7-5-6-8-16(13)21/h5-10,22H,11-12H2,1-4H3. The van der Waals surface area contributed by atoms with Crippen LogP contribution in [-0.4, -0.2) is 12.6 Å². The number of methoxy groups -OCH3 is 1. The van der Waals surface area contributed by atoms with Gasteiger partial charge in [-0.05, 0) is 38.5 Å². The molecule has 130 valence electrons. The van der Waals surface area contributed by atoms with Crippen LogP contribution in [0.1, 0.15) is 31.9 Å². The average molecular weight is 352 g/mol. The van der Waals surface area contributed by atoms with Crippen LogP contribution in [0.15, 0.2) is 36.4 Å². The summed E-state index contributed by atoms with van der Waals surface area (Å²) < 4.78 is 24.8. The Bertz CT molecular complexity index is 698. The molecule has 0 atom stereocenters. The summed E-state index contributed by atoms with van der Waals surface area (Å²) in [6, 6.07) is 10.1. The van der Waals surface area contributed by atoms with E-state index in [1.165, 1.54) is 6.07 Å². The summed E-state index contributed by atoms with van der Waals surface area (Å²) in [5.74, 6) is 0.764. The first-order chi connectivity index (χ1) is 11.3. The number of halogens is 2. The van der Waals surface area contributed by atoms with Crippen molar-refractivity contribution >= 4 is 11.6 Å². The number of hydrogen-bond acceptors (Lipinski definition) is 3. The second kappa shape index (κ2) is 7.86. The molecule has 0 spiro atoms. The molecule has 0 unspecified atom stereocenters. The van der Waals surface area contributed by atoms with E-state index < -0.39 is 0 Å². The Morgan fingerprint density at radius 2 is 1.79 bits per heavy atom. The maximum atomic E-state index is 13.7. The number of hydrogen-bond donors (Lipinski definition) is 1. The van der Waals surface area contributed by atoms with Crippen LogP contribution in [0.4, 0.5) is 4.39 Å². The summed E-state index contributed by atoms with van der Waals surface area (Å²) in [5.41, 5.74) is 1.38. The minimum Gasteiger partial charge on any atom is -0.493 e. The Morgan fingerprint density at radius 1 is 1.08 bits per heavy atom. The first-order valence-corrected chi connectivity index (χ1v) is 8.15. The number of ether oxygens (including phenoxy) is 2. The van der Waals surface area contributed by atoms with E-state index in [9.17, 15) is 4.39 Å². The minimum absolute atomic E-state index is 0.0173. The third-order valence-electron chi connectivity index (χ3n) is 3.48. The molecular formula is C19H23ClFNO2. The van der Waals surface area contributed by atoms with Gasteiger partial charge in [-0.2, -0.15) is 0 Å². The van der Waals surface area contributed by atoms with Crippen molar-refractivity contribution in [3.8, 4) is 11.5 Å². The van der Waals surface area contributed by atoms with Gasteiger partial charge < -0.3 is 14.8 Å². The SMILES string of the molecule is COc1cc(CNC(C)(C)C)c(Cl)cc1OCc1ccccc1F. The quantitative estimate of drug-likeness (QED) is 0.798. The third kappa shape index (κ3) is 5.11. The van der Waals surface area contributed by atoms with Gasteiger partial charge in [0.25, 0.3) is 0 Å². The smallest absolute Gasteiger partial charge is 0.163 e. The minimum atomic E-state index is -0.298. The fourth-order valence-electron chi connectivity index (χ4n) is 2.12. The summed E-state index contributed by atoms with van der Waals surface area (Å²) in [7, 11) is 1.57. The Hall–Kier alpha value is -1.78. The molecule has 0 fully saturated rings. The third-order valence-corrected chi connectivity index (χ3v) is 3.83. The Balaban J connectivity index is 2.15. The van der Waals surface area contributed by atoms with Crippen molar-refractivity contribution in [1.29, 1.82) is 0 Å². The van der Waals surface area contributed by atoms with Crippen LogP contribution in [0.25, 0.3) is 0 Å². The summed E-state index contributed by atoms with van der Waals surface area (Å²) in [6.07, 6.45) is 0. The van der Waals surface area contributed by atoms with Gasteiger partial charge in [-0.25, -0.2) is 4.39 Å². The lowest BCUT2D eigenvalue weighted by atomic mass is 10.1. The van der Waals surface area contributed by atoms with Crippen LogP contribution < -0.4 is 14.8 Å². The molecular weight excluding hydrogens is 329 g/mol. The lowest BCUT2D eigenvalue weighted by molar-refractivity contribution is 0.279. The van der Waals surface area contributed by atoms with Crippen molar-refractivity contribution < 1.29 is 13.9 Å². The van der Waals surface area contributed by atoms with Crippen LogP contribution in [-0.2, 0) is 13.2 Å². The molecule has 0 aromatic heterocycles. The molecule has 3 nitrogen and oxygen atoms in total. The fourth-order valence-corrected chi connectivity index (χ4v) is 2.34. The number of rotatable bonds is 6. The van der Waals surface area contributed by atoms with Crippen molar-refractivity contribution in [3.05, 3.63) is 58.4 Å². The first-order valence-electron chi connectivity index (χ1n) is 7.78. The van der Waals surface area contributed by atoms with Crippen molar-refractivity contribution in [3.63, 3.8) is 0 Å². The lowest BCUT2D eigenvalue weighted by Gasteiger charge is -2.21. The maximum absolute atomic E-state index is 13.7. The van der Waals surface area contributed by atoms with E-state index in [2.05, 4.69) is 26.1 Å². The van der Waals surface area contributed by atoms with Gasteiger partial charge in [0.2, 0.25) is 0 Å². The van der Waals surface area contributed by atoms with Crippen LogP contribution in [0.5, 0.6) is 11.5 Å². The molecule has 2 rings (SSSR count). The van der Waals surface area contributed by atoms with Crippen molar-refractivity contribution in [1.82, 2.24) is 5.32 Å². The highest BCUT2D eigenvalue weighted by molar-refractivity contribution is 6.31. The summed E-state index contributed by atoms with van der Waals surface area (Å²) in [4.78, 5) is 0. The molecule has 24 heavy (non-hydrogen) atoms. The number of nitrogens with one attached hydrogen (secondary N) is 1. The molecule has 5 heteroatoms. The molecule has 2 aromatic rings. The van der Waals surface area contributed by atoms with Crippen LogP contribution in [0.3, 0.4) is 0 Å². The zero-order valence-electron chi connectivity index (χ0n) is 14.5. The Morgan fingerprint density at radius 3 is 2.42 bits per heavy atom. The van der Waals surface area contributed by atoms with Gasteiger partial charge in [0.15, 0.2) is 11.5 Å². The topological polar surface area (TPSA) is 30.5 Å². The van der Waals surface area contributed by atoms with E-state index >= 15 is 0 Å². The second-order valence-corrected chi connectivity index (χ2v) is 6.99. The zero-order valence-corrected chi connectivity index (χ0v) is 15.2. The van der Waals surface area contributed by atoms with E-state index in [1.54, 1.807) is 31.4 Å². The van der Waals surface area contributed by atoms with Gasteiger partial charge >= 0.3 is 0 Å². The second-order valence-electron chi connectivity index (χ2n) is 6.58. The Labute approximate surface area is 147 Å². The summed E-state index contributed by atoms with van der Waals surface area (Å²) in [6.45, 7) is 6.99. The van der Waals surface area contributed by atoms with E-state index in [0.717, 1.165) is 5.56 Å². The molecule has 0 aliphatic heterocycles. The maximum Gasteiger partial charge on any atom is 0.163 e. The molecule has 0 saturated heterocycles. The van der Waals surface area contributed by atoms with Gasteiger partial charge in [0.1, 0.15) is 12.4 Å². The molecule has 0 radical (unpaired) electrons. The molecule has 1 N–H and O–H groups in total. The predicted octanol–water partition coefficient (Wildman–Crippen LogP) is 4.95. The molecule has 0 heterocycles. The van der Waals surface area contributed by atoms with Gasteiger partial charge in [-0.3, -0.25) is 0 Å². The predicted molar refractivity (Wildman–Crippen MR) is 95.3 cm³/mol. The molecule has 0 aliphatic rings. The van der Waals surface area contributed by atoms with Gasteiger partial charge in [0.05, 0.1) is 7.11 Å². The Kier molecular flexibility index (Phi) is 6.08. The van der Waals surface area contributed by atoms with Crippen molar-refractivity contribution in [2.24, 2.45) is 0 Å². The van der Waals surface area contributed by atoms with Crippen LogP contribution in [0, 0.1) is 5.82 Å². The van der Waals surface area contributed by atoms with Gasteiger partial charge in [-0.15, -0.1) is 0 Å². The first kappa shape index (κ1) is 18.6. The number of benzene rings is 2. The highest BCUT2D eigenvalue weighted by Crippen LogP contribution is 2.34. The zero-order chi connectivity index (χ0) is 17.7. The highest BCUT2D eigenvalue weighted by Gasteiger charge is 2.14. The van der Waals surface area contributed by atoms with E-state index in [4.69, 9.17) is 21.1 Å². The average Bonchev–Trinajstić information content (AvgIpc) is 2.52. The molecule has 0 bridgehead atoms. The van der Waals surface area contributed by atoms with Gasteiger partial charge in [-0.1, -0.05) is 29.8 Å². The molecule has 0 aliphatic carbocycles. The highest BCUT2D eigenvalue weighted by atomic mass is 35.5. The van der Waals surface area contributed by atoms with E-state index in [1.807, 2.05) is 6.07 Å². The summed E-state index contributed by atoms with van der Waals surface area (Å²) in [5, 5.41) is 3.96. The van der Waals surface area contributed by atoms with Gasteiger partial charge in [0, 0.05) is 28.7 Å². The lowest BCUT2D eigenvalue weighted by Crippen LogP contribution is -2.35. The largest absolute Gasteiger partial charge is 0.493 e. The van der Waals surface area contributed by atoms with Crippen LogP contribution >= 0.6 is 11.6 Å². The molecule has 2 aromatic carbocycles. The molecule has 0 amide bonds. The fraction of sp³-hybridized carbons (Fsp3) is 0.368. The van der Waals surface area contributed by atoms with E-state index in [-0.39, 0.29) is 18.0 Å². The monoisotopic (exact) mass is 351 g/mol. The van der Waals surface area contributed by atoms with Crippen LogP contribution in [0.2, 0.25) is 5.02 Å². The van der Waals surface area contributed by atoms with Crippen molar-refractivity contribution in [2.45, 2.75) is 39.5 Å². The summed E-state index contributed by atoms with van der Waals surface area (Å²) >= 11 is 6.35.